The molecule has 0 fully saturated rings. The number of azo groups is 2. The van der Waals surface area contributed by atoms with E-state index in [2.05, 4.69) is 30.4 Å². The number of aromatic nitrogens is 2. The summed E-state index contributed by atoms with van der Waals surface area (Å²) in [6.45, 7) is 1.57. The zero-order chi connectivity index (χ0) is 24.4. The molecule has 0 aliphatic heterocycles. The lowest BCUT2D eigenvalue weighted by atomic mass is 10.3. The Hall–Kier alpha value is -3.86. The van der Waals surface area contributed by atoms with Crippen LogP contribution in [0, 0.1) is 6.92 Å². The predicted octanol–water partition coefficient (Wildman–Crippen LogP) is 3.27. The summed E-state index contributed by atoms with van der Waals surface area (Å²) in [5.74, 6) is 0.176. The first-order valence-corrected chi connectivity index (χ1v) is 11.6. The van der Waals surface area contributed by atoms with Crippen molar-refractivity contribution in [3.63, 3.8) is 0 Å². The third-order valence-electron chi connectivity index (χ3n) is 3.94. The lowest BCUT2D eigenvalue weighted by Crippen LogP contribution is -2.01. The standard InChI is InChI=1S/C17H16N8O6S2/c1-9-20-16(18)15(17(19)21-9)25-24-13-7-4-11(8-14(13)33(29,30)31)23-22-10-2-5-12(6-3-10)32(26,27)28/h2-8H,1H3,(H,26,27,28)(H,29,30,31)(H4,18,19,20,21). The number of nitrogens with zero attached hydrogens (tertiary/aromatic N) is 6. The molecule has 0 aliphatic carbocycles. The molecule has 0 saturated heterocycles. The van der Waals surface area contributed by atoms with Crippen molar-refractivity contribution in [2.75, 3.05) is 11.5 Å². The maximum absolute atomic E-state index is 11.8. The summed E-state index contributed by atoms with van der Waals surface area (Å²) in [5.41, 5.74) is 11.4. The zero-order valence-electron chi connectivity index (χ0n) is 16.7. The second-order valence-electron chi connectivity index (χ2n) is 6.39. The molecular weight excluding hydrogens is 476 g/mol. The van der Waals surface area contributed by atoms with Crippen molar-refractivity contribution >= 4 is 54.6 Å². The minimum absolute atomic E-state index is 0.0260. The Morgan fingerprint density at radius 3 is 1.85 bits per heavy atom. The molecule has 0 radical (unpaired) electrons. The third kappa shape index (κ3) is 5.89. The Bertz CT molecular complexity index is 1460. The van der Waals surface area contributed by atoms with Crippen LogP contribution in [0.3, 0.4) is 0 Å². The van der Waals surface area contributed by atoms with Gasteiger partial charge in [-0.2, -0.15) is 27.1 Å². The number of benzene rings is 2. The highest BCUT2D eigenvalue weighted by Gasteiger charge is 2.17. The Morgan fingerprint density at radius 2 is 1.30 bits per heavy atom. The quantitative estimate of drug-likeness (QED) is 0.289. The monoisotopic (exact) mass is 492 g/mol. The van der Waals surface area contributed by atoms with Gasteiger partial charge in [0, 0.05) is 0 Å². The average Bonchev–Trinajstić information content (AvgIpc) is 2.71. The number of hydrogen-bond donors (Lipinski definition) is 4. The van der Waals surface area contributed by atoms with Crippen LogP contribution in [0.15, 0.2) is 72.7 Å². The summed E-state index contributed by atoms with van der Waals surface area (Å²) in [7, 11) is -9.09. The summed E-state index contributed by atoms with van der Waals surface area (Å²) in [6, 6.07) is 8.33. The summed E-state index contributed by atoms with van der Waals surface area (Å²) >= 11 is 0. The van der Waals surface area contributed by atoms with Crippen LogP contribution in [-0.2, 0) is 20.2 Å². The van der Waals surface area contributed by atoms with E-state index in [-0.39, 0.29) is 39.3 Å². The Morgan fingerprint density at radius 1 is 0.758 bits per heavy atom. The summed E-state index contributed by atoms with van der Waals surface area (Å²) in [4.78, 5) is 6.84. The van der Waals surface area contributed by atoms with E-state index in [1.165, 1.54) is 24.3 Å². The SMILES string of the molecule is Cc1nc(N)c(N=Nc2ccc(N=Nc3ccc(S(=O)(=O)O)cc3)cc2S(=O)(=O)O)c(N)n1. The van der Waals surface area contributed by atoms with Crippen molar-refractivity contribution in [3.05, 3.63) is 48.3 Å². The van der Waals surface area contributed by atoms with Gasteiger partial charge in [-0.15, -0.1) is 10.2 Å². The van der Waals surface area contributed by atoms with Gasteiger partial charge in [-0.25, -0.2) is 9.97 Å². The smallest absolute Gasteiger partial charge is 0.296 e. The average molecular weight is 492 g/mol. The number of anilines is 2. The first-order valence-electron chi connectivity index (χ1n) is 8.77. The molecule has 16 heteroatoms. The number of aryl methyl sites for hydroxylation is 1. The van der Waals surface area contributed by atoms with Gasteiger partial charge in [0.15, 0.2) is 17.3 Å². The number of rotatable bonds is 6. The minimum Gasteiger partial charge on any atom is -0.382 e. The molecule has 0 bridgehead atoms. The second kappa shape index (κ2) is 8.94. The van der Waals surface area contributed by atoms with E-state index in [4.69, 9.17) is 16.0 Å². The third-order valence-corrected chi connectivity index (χ3v) is 5.69. The van der Waals surface area contributed by atoms with Crippen LogP contribution in [0.4, 0.5) is 34.4 Å². The first kappa shape index (κ1) is 23.8. The van der Waals surface area contributed by atoms with Crippen LogP contribution in [0.5, 0.6) is 0 Å². The van der Waals surface area contributed by atoms with E-state index in [9.17, 15) is 21.4 Å². The fraction of sp³-hybridized carbons (Fsp3) is 0.0588. The van der Waals surface area contributed by atoms with Gasteiger partial charge in [-0.3, -0.25) is 9.11 Å². The fourth-order valence-corrected chi connectivity index (χ4v) is 3.59. The second-order valence-corrected chi connectivity index (χ2v) is 9.20. The molecule has 6 N–H and O–H groups in total. The van der Waals surface area contributed by atoms with Crippen molar-refractivity contribution < 1.29 is 25.9 Å². The van der Waals surface area contributed by atoms with Gasteiger partial charge in [0.2, 0.25) is 0 Å². The van der Waals surface area contributed by atoms with Crippen molar-refractivity contribution in [2.45, 2.75) is 16.7 Å². The van der Waals surface area contributed by atoms with Crippen molar-refractivity contribution in [3.8, 4) is 0 Å². The van der Waals surface area contributed by atoms with Crippen molar-refractivity contribution in [1.82, 2.24) is 9.97 Å². The first-order chi connectivity index (χ1) is 15.3. The molecule has 0 spiro atoms. The largest absolute Gasteiger partial charge is 0.382 e. The van der Waals surface area contributed by atoms with E-state index in [1.54, 1.807) is 6.92 Å². The Balaban J connectivity index is 1.94. The van der Waals surface area contributed by atoms with Gasteiger partial charge in [0.1, 0.15) is 16.4 Å². The molecule has 0 aliphatic rings. The molecule has 172 valence electrons. The number of nitrogen functional groups attached to an aromatic ring is 2. The van der Waals surface area contributed by atoms with Crippen LogP contribution < -0.4 is 11.5 Å². The predicted molar refractivity (Wildman–Crippen MR) is 116 cm³/mol. The zero-order valence-corrected chi connectivity index (χ0v) is 18.4. The van der Waals surface area contributed by atoms with E-state index < -0.39 is 25.1 Å². The van der Waals surface area contributed by atoms with Crippen LogP contribution in [-0.4, -0.2) is 35.9 Å². The Kier molecular flexibility index (Phi) is 6.45. The highest BCUT2D eigenvalue weighted by atomic mass is 32.2. The van der Waals surface area contributed by atoms with E-state index in [1.807, 2.05) is 0 Å². The van der Waals surface area contributed by atoms with Crippen LogP contribution in [0.2, 0.25) is 0 Å². The molecule has 3 rings (SSSR count). The van der Waals surface area contributed by atoms with E-state index >= 15 is 0 Å². The topological polar surface area (TPSA) is 236 Å². The molecule has 1 aromatic heterocycles. The van der Waals surface area contributed by atoms with E-state index in [0.717, 1.165) is 18.2 Å². The van der Waals surface area contributed by atoms with Crippen LogP contribution in [0.1, 0.15) is 5.82 Å². The minimum atomic E-state index is -4.74. The van der Waals surface area contributed by atoms with Crippen LogP contribution >= 0.6 is 0 Å². The summed E-state index contributed by atoms with van der Waals surface area (Å²) < 4.78 is 64.3. The normalized spacial score (nSPS) is 12.6. The molecule has 0 unspecified atom stereocenters. The molecule has 2 aromatic carbocycles. The molecule has 3 aromatic rings. The highest BCUT2D eigenvalue weighted by molar-refractivity contribution is 7.86. The van der Waals surface area contributed by atoms with E-state index in [0.29, 0.717) is 5.82 Å². The van der Waals surface area contributed by atoms with Crippen molar-refractivity contribution in [1.29, 1.82) is 0 Å². The molecule has 0 saturated carbocycles. The van der Waals surface area contributed by atoms with Crippen molar-refractivity contribution in [2.24, 2.45) is 20.5 Å². The van der Waals surface area contributed by atoms with Gasteiger partial charge >= 0.3 is 0 Å². The molecule has 0 amide bonds. The fourth-order valence-electron chi connectivity index (χ4n) is 2.47. The van der Waals surface area contributed by atoms with Gasteiger partial charge < -0.3 is 11.5 Å². The molecule has 1 heterocycles. The lowest BCUT2D eigenvalue weighted by Gasteiger charge is -2.05. The van der Waals surface area contributed by atoms with Gasteiger partial charge in [0.05, 0.1) is 16.3 Å². The Labute approximate surface area is 187 Å². The maximum atomic E-state index is 11.8. The highest BCUT2D eigenvalue weighted by Crippen LogP contribution is 2.33. The number of hydrogen-bond acceptors (Lipinski definition) is 12. The van der Waals surface area contributed by atoms with Crippen LogP contribution in [0.25, 0.3) is 0 Å². The lowest BCUT2D eigenvalue weighted by molar-refractivity contribution is 0.481. The van der Waals surface area contributed by atoms with Gasteiger partial charge in [-0.1, -0.05) is 0 Å². The number of nitrogens with two attached hydrogens (primary N) is 2. The maximum Gasteiger partial charge on any atom is 0.296 e. The molecule has 14 nitrogen and oxygen atoms in total. The van der Waals surface area contributed by atoms with Gasteiger partial charge in [-0.05, 0) is 49.4 Å². The molecule has 0 atom stereocenters. The summed E-state index contributed by atoms with van der Waals surface area (Å²) in [5, 5.41) is 15.3. The summed E-state index contributed by atoms with van der Waals surface area (Å²) in [6.07, 6.45) is 0. The molecule has 33 heavy (non-hydrogen) atoms. The van der Waals surface area contributed by atoms with Gasteiger partial charge in [0.25, 0.3) is 20.2 Å². The molecular formula is C17H16N8O6S2.